The molecule has 0 bridgehead atoms. The first-order valence-corrected chi connectivity index (χ1v) is 10.8. The molecule has 0 aromatic heterocycles. The fourth-order valence-electron chi connectivity index (χ4n) is 2.50. The SMILES string of the molecule is CCCNS(=O)(=O)Nc1ccc2c(c1)CCCN2S(=O)(=O)CC. The van der Waals surface area contributed by atoms with Crippen molar-refractivity contribution in [2.24, 2.45) is 0 Å². The van der Waals surface area contributed by atoms with Crippen molar-refractivity contribution < 1.29 is 16.8 Å². The third-order valence-corrected chi connectivity index (χ3v) is 6.52. The number of hydrogen-bond acceptors (Lipinski definition) is 4. The molecule has 1 aromatic rings. The quantitative estimate of drug-likeness (QED) is 0.768. The second-order valence-corrected chi connectivity index (χ2v) is 9.10. The Morgan fingerprint density at radius 1 is 1.17 bits per heavy atom. The zero-order chi connectivity index (χ0) is 17.1. The van der Waals surface area contributed by atoms with Gasteiger partial charge in [0.25, 0.3) is 10.2 Å². The van der Waals surface area contributed by atoms with Crippen molar-refractivity contribution in [1.29, 1.82) is 0 Å². The summed E-state index contributed by atoms with van der Waals surface area (Å²) in [4.78, 5) is 0. The number of nitrogens with one attached hydrogen (secondary N) is 2. The lowest BCUT2D eigenvalue weighted by Gasteiger charge is -2.30. The highest BCUT2D eigenvalue weighted by Crippen LogP contribution is 2.31. The first-order valence-electron chi connectivity index (χ1n) is 7.70. The van der Waals surface area contributed by atoms with Gasteiger partial charge in [0.15, 0.2) is 0 Å². The number of nitrogens with zero attached hydrogens (tertiary/aromatic N) is 1. The van der Waals surface area contributed by atoms with E-state index in [1.165, 1.54) is 4.31 Å². The molecule has 1 aliphatic rings. The third-order valence-electron chi connectivity index (χ3n) is 3.65. The van der Waals surface area contributed by atoms with Crippen LogP contribution in [0, 0.1) is 0 Å². The van der Waals surface area contributed by atoms with Crippen LogP contribution in [0.5, 0.6) is 0 Å². The molecule has 2 rings (SSSR count). The summed E-state index contributed by atoms with van der Waals surface area (Å²) < 4.78 is 54.4. The van der Waals surface area contributed by atoms with E-state index in [1.807, 2.05) is 6.92 Å². The fraction of sp³-hybridized carbons (Fsp3) is 0.571. The van der Waals surface area contributed by atoms with Gasteiger partial charge in [-0.3, -0.25) is 9.03 Å². The average molecular weight is 361 g/mol. The Bertz CT molecular complexity index is 760. The molecule has 0 unspecified atom stereocenters. The van der Waals surface area contributed by atoms with E-state index in [2.05, 4.69) is 9.44 Å². The first kappa shape index (κ1) is 18.0. The van der Waals surface area contributed by atoms with Crippen molar-refractivity contribution in [2.75, 3.05) is 27.9 Å². The normalized spacial score (nSPS) is 15.3. The molecule has 1 aliphatic heterocycles. The number of anilines is 2. The van der Waals surface area contributed by atoms with Crippen LogP contribution in [-0.2, 0) is 26.7 Å². The van der Waals surface area contributed by atoms with Gasteiger partial charge in [0.1, 0.15) is 0 Å². The molecule has 23 heavy (non-hydrogen) atoms. The van der Waals surface area contributed by atoms with E-state index in [1.54, 1.807) is 25.1 Å². The molecule has 1 heterocycles. The molecule has 1 aromatic carbocycles. The van der Waals surface area contributed by atoms with Crippen molar-refractivity contribution in [3.63, 3.8) is 0 Å². The van der Waals surface area contributed by atoms with Gasteiger partial charge in [-0.05, 0) is 49.9 Å². The molecule has 0 aliphatic carbocycles. The van der Waals surface area contributed by atoms with Crippen molar-refractivity contribution in [2.45, 2.75) is 33.1 Å². The third kappa shape index (κ3) is 4.36. The summed E-state index contributed by atoms with van der Waals surface area (Å²) in [6.07, 6.45) is 2.15. The molecule has 0 atom stereocenters. The molecule has 0 saturated carbocycles. The van der Waals surface area contributed by atoms with Crippen LogP contribution in [0.3, 0.4) is 0 Å². The number of rotatable bonds is 7. The van der Waals surface area contributed by atoms with Crippen LogP contribution in [0.2, 0.25) is 0 Å². The highest BCUT2D eigenvalue weighted by atomic mass is 32.2. The molecule has 0 spiro atoms. The Balaban J connectivity index is 2.26. The molecule has 9 heteroatoms. The van der Waals surface area contributed by atoms with E-state index >= 15 is 0 Å². The van der Waals surface area contributed by atoms with Gasteiger partial charge in [-0.1, -0.05) is 6.92 Å². The van der Waals surface area contributed by atoms with Crippen molar-refractivity contribution >= 4 is 31.6 Å². The Morgan fingerprint density at radius 3 is 2.57 bits per heavy atom. The van der Waals surface area contributed by atoms with Crippen molar-refractivity contribution in [1.82, 2.24) is 4.72 Å². The summed E-state index contributed by atoms with van der Waals surface area (Å²) in [7, 11) is -6.91. The molecule has 0 amide bonds. The molecular weight excluding hydrogens is 338 g/mol. The summed E-state index contributed by atoms with van der Waals surface area (Å²) >= 11 is 0. The molecular formula is C14H23N3O4S2. The van der Waals surface area contributed by atoms with Crippen molar-refractivity contribution in [3.8, 4) is 0 Å². The van der Waals surface area contributed by atoms with Gasteiger partial charge in [0.2, 0.25) is 10.0 Å². The Morgan fingerprint density at radius 2 is 1.91 bits per heavy atom. The van der Waals surface area contributed by atoms with E-state index in [0.717, 1.165) is 18.4 Å². The first-order chi connectivity index (χ1) is 10.8. The van der Waals surface area contributed by atoms with Crippen molar-refractivity contribution in [3.05, 3.63) is 23.8 Å². The van der Waals surface area contributed by atoms with Crippen LogP contribution >= 0.6 is 0 Å². The second kappa shape index (κ2) is 7.06. The number of benzene rings is 1. The lowest BCUT2D eigenvalue weighted by atomic mass is 10.0. The van der Waals surface area contributed by atoms with E-state index < -0.39 is 20.2 Å². The number of sulfonamides is 1. The topological polar surface area (TPSA) is 95.6 Å². The van der Waals surface area contributed by atoms with Gasteiger partial charge < -0.3 is 0 Å². The molecule has 0 radical (unpaired) electrons. The molecule has 130 valence electrons. The smallest absolute Gasteiger partial charge is 0.271 e. The maximum atomic E-state index is 12.2. The summed E-state index contributed by atoms with van der Waals surface area (Å²) in [5.74, 6) is 0.0434. The monoisotopic (exact) mass is 361 g/mol. The van der Waals surface area contributed by atoms with Gasteiger partial charge in [-0.25, -0.2) is 8.42 Å². The van der Waals surface area contributed by atoms with Gasteiger partial charge in [-0.2, -0.15) is 13.1 Å². The van der Waals surface area contributed by atoms with Gasteiger partial charge in [0.05, 0.1) is 17.1 Å². The van der Waals surface area contributed by atoms with Crippen LogP contribution in [0.1, 0.15) is 32.3 Å². The maximum Gasteiger partial charge on any atom is 0.299 e. The number of aryl methyl sites for hydroxylation is 1. The molecule has 2 N–H and O–H groups in total. The fourth-order valence-corrected chi connectivity index (χ4v) is 4.68. The van der Waals surface area contributed by atoms with E-state index in [4.69, 9.17) is 0 Å². The maximum absolute atomic E-state index is 12.2. The zero-order valence-corrected chi connectivity index (χ0v) is 15.0. The second-order valence-electron chi connectivity index (χ2n) is 5.42. The average Bonchev–Trinajstić information content (AvgIpc) is 2.51. The Hall–Kier alpha value is -1.32. The van der Waals surface area contributed by atoms with E-state index in [9.17, 15) is 16.8 Å². The molecule has 0 fully saturated rings. The summed E-state index contributed by atoms with van der Waals surface area (Å²) in [6, 6.07) is 4.96. The van der Waals surface area contributed by atoms with Gasteiger partial charge in [0, 0.05) is 13.1 Å². The Kier molecular flexibility index (Phi) is 5.53. The van der Waals surface area contributed by atoms with Crippen LogP contribution < -0.4 is 13.7 Å². The summed E-state index contributed by atoms with van der Waals surface area (Å²) in [5.41, 5.74) is 1.91. The molecule has 7 nitrogen and oxygen atoms in total. The van der Waals surface area contributed by atoms with E-state index in [0.29, 0.717) is 30.9 Å². The van der Waals surface area contributed by atoms with Gasteiger partial charge >= 0.3 is 0 Å². The van der Waals surface area contributed by atoms with Crippen LogP contribution in [0.25, 0.3) is 0 Å². The highest BCUT2D eigenvalue weighted by molar-refractivity contribution is 7.92. The minimum Gasteiger partial charge on any atom is -0.271 e. The standard InChI is InChI=1S/C14H23N3O4S2/c1-3-9-15-23(20,21)16-13-7-8-14-12(11-13)6-5-10-17(14)22(18,19)4-2/h7-8,11,15-16H,3-6,9-10H2,1-2H3. The largest absolute Gasteiger partial charge is 0.299 e. The lowest BCUT2D eigenvalue weighted by molar-refractivity contribution is 0.585. The number of fused-ring (bicyclic) bond motifs is 1. The molecule has 0 saturated heterocycles. The van der Waals surface area contributed by atoms with Crippen LogP contribution in [-0.4, -0.2) is 35.7 Å². The van der Waals surface area contributed by atoms with Crippen LogP contribution in [0.4, 0.5) is 11.4 Å². The predicted molar refractivity (Wildman–Crippen MR) is 92.4 cm³/mol. The van der Waals surface area contributed by atoms with Gasteiger partial charge in [-0.15, -0.1) is 0 Å². The predicted octanol–water partition coefficient (Wildman–Crippen LogP) is 1.45. The Labute approximate surface area is 138 Å². The lowest BCUT2D eigenvalue weighted by Crippen LogP contribution is -2.36. The zero-order valence-electron chi connectivity index (χ0n) is 13.4. The van der Waals surface area contributed by atoms with E-state index in [-0.39, 0.29) is 5.75 Å². The highest BCUT2D eigenvalue weighted by Gasteiger charge is 2.26. The number of hydrogen-bond donors (Lipinski definition) is 2. The summed E-state index contributed by atoms with van der Waals surface area (Å²) in [5, 5.41) is 0. The minimum atomic E-state index is -3.60. The van der Waals surface area contributed by atoms with Crippen LogP contribution in [0.15, 0.2) is 18.2 Å². The minimum absolute atomic E-state index is 0.0434. The summed E-state index contributed by atoms with van der Waals surface area (Å²) in [6.45, 7) is 4.32.